The van der Waals surface area contributed by atoms with E-state index in [2.05, 4.69) is 10.6 Å². The fourth-order valence-corrected chi connectivity index (χ4v) is 3.15. The molecule has 1 aromatic carbocycles. The van der Waals surface area contributed by atoms with Crippen LogP contribution in [0, 0.1) is 22.9 Å². The molecule has 0 atom stereocenters. The minimum atomic E-state index is -1.66. The molecule has 2 amide bonds. The van der Waals surface area contributed by atoms with Crippen molar-refractivity contribution in [3.63, 3.8) is 0 Å². The molecule has 1 saturated carbocycles. The van der Waals surface area contributed by atoms with Crippen LogP contribution in [0.25, 0.3) is 0 Å². The van der Waals surface area contributed by atoms with Crippen LogP contribution >= 0.6 is 0 Å². The van der Waals surface area contributed by atoms with Crippen LogP contribution in [0.2, 0.25) is 0 Å². The molecule has 0 radical (unpaired) electrons. The predicted molar refractivity (Wildman–Crippen MR) is 87.1 cm³/mol. The number of hydrogen-bond acceptors (Lipinski definition) is 3. The van der Waals surface area contributed by atoms with Crippen molar-refractivity contribution in [2.24, 2.45) is 11.1 Å². The lowest BCUT2D eigenvalue weighted by Crippen LogP contribution is -2.40. The molecule has 138 valence electrons. The molecular weight excluding hydrogens is 335 g/mol. The third kappa shape index (κ3) is 4.94. The van der Waals surface area contributed by atoms with E-state index in [1.165, 1.54) is 0 Å². The largest absolute Gasteiger partial charge is 0.347 e. The molecular formula is C17H22F3N3O2. The van der Waals surface area contributed by atoms with Crippen LogP contribution in [0.15, 0.2) is 12.1 Å². The van der Waals surface area contributed by atoms with Crippen molar-refractivity contribution in [1.82, 2.24) is 5.32 Å². The number of halogens is 3. The summed E-state index contributed by atoms with van der Waals surface area (Å²) >= 11 is 0. The number of benzene rings is 1. The maximum Gasteiger partial charge on any atom is 0.243 e. The third-order valence-corrected chi connectivity index (χ3v) is 4.64. The minimum absolute atomic E-state index is 0.231. The Morgan fingerprint density at radius 3 is 2.36 bits per heavy atom. The number of anilines is 1. The number of rotatable bonds is 6. The van der Waals surface area contributed by atoms with Gasteiger partial charge in [-0.05, 0) is 36.9 Å². The Morgan fingerprint density at radius 2 is 1.72 bits per heavy atom. The van der Waals surface area contributed by atoms with Gasteiger partial charge in [0.2, 0.25) is 11.8 Å². The maximum absolute atomic E-state index is 13.5. The minimum Gasteiger partial charge on any atom is -0.347 e. The smallest absolute Gasteiger partial charge is 0.243 e. The second kappa shape index (κ2) is 8.33. The molecule has 1 aromatic rings. The van der Waals surface area contributed by atoms with E-state index < -0.39 is 35.6 Å². The van der Waals surface area contributed by atoms with Crippen molar-refractivity contribution in [2.45, 2.75) is 38.5 Å². The monoisotopic (exact) mass is 357 g/mol. The van der Waals surface area contributed by atoms with Gasteiger partial charge in [0.25, 0.3) is 0 Å². The summed E-state index contributed by atoms with van der Waals surface area (Å²) in [5, 5.41) is 4.56. The van der Waals surface area contributed by atoms with Gasteiger partial charge in [-0.15, -0.1) is 0 Å². The van der Waals surface area contributed by atoms with Crippen molar-refractivity contribution in [3.8, 4) is 0 Å². The average molecular weight is 357 g/mol. The fourth-order valence-electron chi connectivity index (χ4n) is 3.15. The van der Waals surface area contributed by atoms with Crippen LogP contribution in [0.4, 0.5) is 18.9 Å². The Balaban J connectivity index is 1.85. The third-order valence-electron chi connectivity index (χ3n) is 4.64. The number of carbonyl (C=O) groups is 2. The molecule has 0 aromatic heterocycles. The summed E-state index contributed by atoms with van der Waals surface area (Å²) < 4.78 is 39.5. The van der Waals surface area contributed by atoms with E-state index in [-0.39, 0.29) is 17.7 Å². The first kappa shape index (κ1) is 19.2. The van der Waals surface area contributed by atoms with E-state index in [4.69, 9.17) is 5.73 Å². The molecule has 8 heteroatoms. The van der Waals surface area contributed by atoms with Crippen LogP contribution < -0.4 is 16.4 Å². The molecule has 0 aliphatic heterocycles. The Morgan fingerprint density at radius 1 is 1.04 bits per heavy atom. The van der Waals surface area contributed by atoms with Gasteiger partial charge >= 0.3 is 0 Å². The lowest BCUT2D eigenvalue weighted by molar-refractivity contribution is -0.126. The van der Waals surface area contributed by atoms with E-state index in [0.29, 0.717) is 12.6 Å². The zero-order valence-corrected chi connectivity index (χ0v) is 13.8. The van der Waals surface area contributed by atoms with Gasteiger partial charge in [0, 0.05) is 6.42 Å². The normalized spacial score (nSPS) is 16.3. The molecule has 5 nitrogen and oxygen atoms in total. The molecule has 1 aliphatic rings. The fraction of sp³-hybridized carbons (Fsp3) is 0.529. The zero-order chi connectivity index (χ0) is 18.4. The molecule has 25 heavy (non-hydrogen) atoms. The van der Waals surface area contributed by atoms with Crippen molar-refractivity contribution in [3.05, 3.63) is 29.6 Å². The van der Waals surface area contributed by atoms with E-state index in [0.717, 1.165) is 38.2 Å². The predicted octanol–water partition coefficient (Wildman–Crippen LogP) is 2.46. The number of nitrogens with one attached hydrogen (secondary N) is 2. The summed E-state index contributed by atoms with van der Waals surface area (Å²) in [5.41, 5.74) is 5.11. The summed E-state index contributed by atoms with van der Waals surface area (Å²) in [5.74, 6) is -5.53. The summed E-state index contributed by atoms with van der Waals surface area (Å²) in [4.78, 5) is 23.8. The van der Waals surface area contributed by atoms with E-state index >= 15 is 0 Å². The highest BCUT2D eigenvalue weighted by Gasteiger charge is 2.33. The van der Waals surface area contributed by atoms with Gasteiger partial charge in [-0.2, -0.15) is 0 Å². The first-order valence-electron chi connectivity index (χ1n) is 8.27. The van der Waals surface area contributed by atoms with E-state index in [9.17, 15) is 22.8 Å². The van der Waals surface area contributed by atoms with Gasteiger partial charge in [-0.25, -0.2) is 13.2 Å². The highest BCUT2D eigenvalue weighted by molar-refractivity contribution is 5.94. The standard InChI is InChI=1S/C17H22F3N3O2/c18-11-4-5-12(16(20)15(11)19)23-14(25)9-22-13(24)8-17(10-21)6-2-1-3-7-17/h4-5H,1-3,6-10,21H2,(H,22,24)(H,23,25). The summed E-state index contributed by atoms with van der Waals surface area (Å²) in [6.45, 7) is 0.0185. The molecule has 1 aliphatic carbocycles. The SMILES string of the molecule is NCC1(CC(=O)NCC(=O)Nc2ccc(F)c(F)c2F)CCCCC1. The first-order chi connectivity index (χ1) is 11.9. The molecule has 1 fully saturated rings. The molecule has 0 bridgehead atoms. The lowest BCUT2D eigenvalue weighted by atomic mass is 9.71. The van der Waals surface area contributed by atoms with Crippen molar-refractivity contribution in [2.75, 3.05) is 18.4 Å². The van der Waals surface area contributed by atoms with Crippen molar-refractivity contribution < 1.29 is 22.8 Å². The summed E-state index contributed by atoms with van der Waals surface area (Å²) in [7, 11) is 0. The van der Waals surface area contributed by atoms with Crippen LogP contribution in [0.1, 0.15) is 38.5 Å². The van der Waals surface area contributed by atoms with Crippen LogP contribution in [0.3, 0.4) is 0 Å². The lowest BCUT2D eigenvalue weighted by Gasteiger charge is -2.35. The van der Waals surface area contributed by atoms with Crippen molar-refractivity contribution in [1.29, 1.82) is 0 Å². The topological polar surface area (TPSA) is 84.2 Å². The summed E-state index contributed by atoms with van der Waals surface area (Å²) in [6.07, 6.45) is 5.18. The number of carbonyl (C=O) groups excluding carboxylic acids is 2. The van der Waals surface area contributed by atoms with Gasteiger partial charge in [0.15, 0.2) is 17.5 Å². The maximum atomic E-state index is 13.5. The molecule has 2 rings (SSSR count). The molecule has 0 saturated heterocycles. The van der Waals surface area contributed by atoms with Gasteiger partial charge in [0.05, 0.1) is 12.2 Å². The number of amides is 2. The Hall–Kier alpha value is -2.09. The Bertz CT molecular complexity index is 646. The Labute approximate surface area is 144 Å². The average Bonchev–Trinajstić information content (AvgIpc) is 2.61. The first-order valence-corrected chi connectivity index (χ1v) is 8.27. The van der Waals surface area contributed by atoms with Crippen LogP contribution in [0.5, 0.6) is 0 Å². The van der Waals surface area contributed by atoms with Gasteiger partial charge in [-0.1, -0.05) is 19.3 Å². The van der Waals surface area contributed by atoms with E-state index in [1.54, 1.807) is 0 Å². The Kier molecular flexibility index (Phi) is 6.41. The van der Waals surface area contributed by atoms with Gasteiger partial charge in [-0.3, -0.25) is 9.59 Å². The molecule has 0 spiro atoms. The molecule has 0 heterocycles. The molecule has 0 unspecified atom stereocenters. The highest BCUT2D eigenvalue weighted by atomic mass is 19.2. The number of nitrogens with two attached hydrogens (primary N) is 1. The highest BCUT2D eigenvalue weighted by Crippen LogP contribution is 2.38. The zero-order valence-electron chi connectivity index (χ0n) is 13.8. The molecule has 4 N–H and O–H groups in total. The summed E-state index contributed by atoms with van der Waals surface area (Å²) in [6, 6.07) is 1.62. The quantitative estimate of drug-likeness (QED) is 0.684. The van der Waals surface area contributed by atoms with Gasteiger partial charge in [0.1, 0.15) is 0 Å². The van der Waals surface area contributed by atoms with Crippen LogP contribution in [-0.2, 0) is 9.59 Å². The van der Waals surface area contributed by atoms with Gasteiger partial charge < -0.3 is 16.4 Å². The van der Waals surface area contributed by atoms with Crippen molar-refractivity contribution >= 4 is 17.5 Å². The number of hydrogen-bond donors (Lipinski definition) is 3. The van der Waals surface area contributed by atoms with Crippen LogP contribution in [-0.4, -0.2) is 24.9 Å². The van der Waals surface area contributed by atoms with E-state index in [1.807, 2.05) is 0 Å². The second-order valence-electron chi connectivity index (χ2n) is 6.49. The second-order valence-corrected chi connectivity index (χ2v) is 6.49.